The van der Waals surface area contributed by atoms with Gasteiger partial charge >= 0.3 is 6.09 Å². The third kappa shape index (κ3) is 5.94. The van der Waals surface area contributed by atoms with Gasteiger partial charge in [0.2, 0.25) is 5.91 Å². The highest BCUT2D eigenvalue weighted by Crippen LogP contribution is 2.22. The molecule has 1 aliphatic heterocycles. The lowest BCUT2D eigenvalue weighted by molar-refractivity contribution is -0.122. The fourth-order valence-corrected chi connectivity index (χ4v) is 3.03. The quantitative estimate of drug-likeness (QED) is 0.496. The van der Waals surface area contributed by atoms with Gasteiger partial charge in [-0.3, -0.25) is 4.79 Å². The summed E-state index contributed by atoms with van der Waals surface area (Å²) in [5.41, 5.74) is 0. The molecule has 3 atom stereocenters. The predicted octanol–water partition coefficient (Wildman–Crippen LogP) is 0.766. The van der Waals surface area contributed by atoms with Crippen LogP contribution in [0.2, 0.25) is 0 Å². The van der Waals surface area contributed by atoms with Crippen LogP contribution in [0.5, 0.6) is 0 Å². The molecule has 1 heterocycles. The van der Waals surface area contributed by atoms with Crippen LogP contribution in [0.15, 0.2) is 0 Å². The van der Waals surface area contributed by atoms with Gasteiger partial charge in [0.25, 0.3) is 0 Å². The number of alkyl carbamates (subject to hydrolysis) is 1. The maximum Gasteiger partial charge on any atom is 0.407 e. The molecule has 0 unspecified atom stereocenters. The Hall–Kier alpha value is -1.34. The molecule has 138 valence electrons. The molecule has 0 aromatic rings. The van der Waals surface area contributed by atoms with Gasteiger partial charge in [0.15, 0.2) is 0 Å². The van der Waals surface area contributed by atoms with E-state index >= 15 is 0 Å². The van der Waals surface area contributed by atoms with E-state index in [1.165, 1.54) is 0 Å². The number of nitrogens with one attached hydrogen (secondary N) is 3. The van der Waals surface area contributed by atoms with Gasteiger partial charge in [0.1, 0.15) is 6.10 Å². The minimum Gasteiger partial charge on any atom is -0.446 e. The Morgan fingerprint density at radius 2 is 2.12 bits per heavy atom. The lowest BCUT2D eigenvalue weighted by Crippen LogP contribution is -2.49. The summed E-state index contributed by atoms with van der Waals surface area (Å²) in [4.78, 5) is 23.5. The summed E-state index contributed by atoms with van der Waals surface area (Å²) in [6.45, 7) is 5.71. The SMILES string of the molecule is CC(C)C[C@H](NC(=O)OC1CCC1)[C@@H](O)CNC[C@@H]1CCNC1=O. The predicted molar refractivity (Wildman–Crippen MR) is 90.5 cm³/mol. The summed E-state index contributed by atoms with van der Waals surface area (Å²) in [6, 6.07) is -0.359. The molecule has 2 rings (SSSR count). The van der Waals surface area contributed by atoms with Crippen molar-refractivity contribution in [2.24, 2.45) is 11.8 Å². The summed E-state index contributed by atoms with van der Waals surface area (Å²) in [7, 11) is 0. The van der Waals surface area contributed by atoms with E-state index in [9.17, 15) is 14.7 Å². The lowest BCUT2D eigenvalue weighted by Gasteiger charge is -2.29. The molecule has 7 heteroatoms. The lowest BCUT2D eigenvalue weighted by atomic mass is 9.96. The van der Waals surface area contributed by atoms with E-state index in [0.717, 1.165) is 32.2 Å². The van der Waals surface area contributed by atoms with E-state index in [1.807, 2.05) is 0 Å². The monoisotopic (exact) mass is 341 g/mol. The largest absolute Gasteiger partial charge is 0.446 e. The molecular formula is C17H31N3O4. The Balaban J connectivity index is 1.74. The summed E-state index contributed by atoms with van der Waals surface area (Å²) < 4.78 is 5.31. The van der Waals surface area contributed by atoms with Crippen LogP contribution < -0.4 is 16.0 Å². The molecule has 2 amide bonds. The topological polar surface area (TPSA) is 99.7 Å². The summed E-state index contributed by atoms with van der Waals surface area (Å²) in [5.74, 6) is 0.379. The van der Waals surface area contributed by atoms with E-state index in [2.05, 4.69) is 29.8 Å². The van der Waals surface area contributed by atoms with E-state index in [-0.39, 0.29) is 24.0 Å². The van der Waals surface area contributed by atoms with E-state index in [4.69, 9.17) is 4.74 Å². The Morgan fingerprint density at radius 1 is 1.38 bits per heavy atom. The molecule has 0 radical (unpaired) electrons. The summed E-state index contributed by atoms with van der Waals surface area (Å²) in [6.07, 6.45) is 3.32. The minimum atomic E-state index is -0.717. The van der Waals surface area contributed by atoms with Gasteiger partial charge < -0.3 is 25.8 Å². The average molecular weight is 341 g/mol. The van der Waals surface area contributed by atoms with Gasteiger partial charge in [-0.2, -0.15) is 0 Å². The van der Waals surface area contributed by atoms with E-state index in [0.29, 0.717) is 25.4 Å². The fraction of sp³-hybridized carbons (Fsp3) is 0.882. The molecule has 0 aromatic heterocycles. The standard InChI is InChI=1S/C17H31N3O4/c1-11(2)8-14(20-17(23)24-13-4-3-5-13)15(21)10-18-9-12-6-7-19-16(12)22/h11-15,18,21H,3-10H2,1-2H3,(H,19,22)(H,20,23)/t12-,14-,15-/m0/s1. The normalized spacial score (nSPS) is 23.5. The van der Waals surface area contributed by atoms with Crippen LogP contribution in [0.25, 0.3) is 0 Å². The molecule has 0 spiro atoms. The molecule has 4 N–H and O–H groups in total. The van der Waals surface area contributed by atoms with Crippen molar-refractivity contribution in [2.75, 3.05) is 19.6 Å². The number of amides is 2. The van der Waals surface area contributed by atoms with Crippen molar-refractivity contribution >= 4 is 12.0 Å². The second-order valence-corrected chi connectivity index (χ2v) is 7.34. The molecule has 1 saturated heterocycles. The number of hydrogen-bond acceptors (Lipinski definition) is 5. The zero-order chi connectivity index (χ0) is 17.5. The van der Waals surface area contributed by atoms with Crippen molar-refractivity contribution in [3.8, 4) is 0 Å². The highest BCUT2D eigenvalue weighted by Gasteiger charge is 2.28. The number of hydrogen-bond donors (Lipinski definition) is 4. The van der Waals surface area contributed by atoms with Gasteiger partial charge in [0, 0.05) is 19.6 Å². The van der Waals surface area contributed by atoms with Crippen molar-refractivity contribution in [3.05, 3.63) is 0 Å². The van der Waals surface area contributed by atoms with Gasteiger partial charge in [-0.1, -0.05) is 13.8 Å². The highest BCUT2D eigenvalue weighted by atomic mass is 16.6. The van der Waals surface area contributed by atoms with Gasteiger partial charge in [-0.05, 0) is 38.0 Å². The summed E-state index contributed by atoms with van der Waals surface area (Å²) in [5, 5.41) is 19.2. The van der Waals surface area contributed by atoms with Crippen LogP contribution >= 0.6 is 0 Å². The van der Waals surface area contributed by atoms with Gasteiger partial charge in [-0.15, -0.1) is 0 Å². The molecule has 0 bridgehead atoms. The van der Waals surface area contributed by atoms with Crippen LogP contribution in [0.1, 0.15) is 46.0 Å². The first-order valence-electron chi connectivity index (χ1n) is 9.09. The van der Waals surface area contributed by atoms with E-state index < -0.39 is 12.2 Å². The summed E-state index contributed by atoms with van der Waals surface area (Å²) >= 11 is 0. The van der Waals surface area contributed by atoms with Crippen molar-refractivity contribution < 1.29 is 19.4 Å². The maximum absolute atomic E-state index is 12.0. The maximum atomic E-state index is 12.0. The Morgan fingerprint density at radius 3 is 2.67 bits per heavy atom. The zero-order valence-corrected chi connectivity index (χ0v) is 14.7. The van der Waals surface area contributed by atoms with Crippen molar-refractivity contribution in [2.45, 2.75) is 64.2 Å². The minimum absolute atomic E-state index is 0.0286. The molecule has 2 aliphatic rings. The number of aliphatic hydroxyl groups excluding tert-OH is 1. The first-order valence-corrected chi connectivity index (χ1v) is 9.09. The molecule has 24 heavy (non-hydrogen) atoms. The number of rotatable bonds is 9. The Labute approximate surface area is 143 Å². The molecular weight excluding hydrogens is 310 g/mol. The Kier molecular flexibility index (Phi) is 7.30. The molecule has 0 aromatic carbocycles. The smallest absolute Gasteiger partial charge is 0.407 e. The third-order valence-corrected chi connectivity index (χ3v) is 4.73. The first kappa shape index (κ1) is 19.0. The second-order valence-electron chi connectivity index (χ2n) is 7.34. The van der Waals surface area contributed by atoms with Crippen LogP contribution in [0, 0.1) is 11.8 Å². The molecule has 7 nitrogen and oxygen atoms in total. The van der Waals surface area contributed by atoms with Crippen molar-refractivity contribution in [1.29, 1.82) is 0 Å². The number of aliphatic hydroxyl groups is 1. The second kappa shape index (κ2) is 9.22. The third-order valence-electron chi connectivity index (χ3n) is 4.73. The number of ether oxygens (including phenoxy) is 1. The van der Waals surface area contributed by atoms with Crippen LogP contribution in [0.3, 0.4) is 0 Å². The molecule has 1 aliphatic carbocycles. The van der Waals surface area contributed by atoms with Crippen LogP contribution in [-0.2, 0) is 9.53 Å². The van der Waals surface area contributed by atoms with Crippen LogP contribution in [-0.4, -0.2) is 55.0 Å². The molecule has 2 fully saturated rings. The van der Waals surface area contributed by atoms with Gasteiger partial charge in [0.05, 0.1) is 18.1 Å². The van der Waals surface area contributed by atoms with E-state index in [1.54, 1.807) is 0 Å². The van der Waals surface area contributed by atoms with Crippen molar-refractivity contribution in [1.82, 2.24) is 16.0 Å². The number of carbonyl (C=O) groups is 2. The van der Waals surface area contributed by atoms with Gasteiger partial charge in [-0.25, -0.2) is 4.79 Å². The zero-order valence-electron chi connectivity index (χ0n) is 14.7. The Bertz CT molecular complexity index is 426. The highest BCUT2D eigenvalue weighted by molar-refractivity contribution is 5.80. The van der Waals surface area contributed by atoms with Crippen LogP contribution in [0.4, 0.5) is 4.79 Å². The number of carbonyl (C=O) groups excluding carboxylic acids is 2. The average Bonchev–Trinajstić information content (AvgIpc) is 2.87. The first-order chi connectivity index (χ1) is 11.5. The van der Waals surface area contributed by atoms with Crippen molar-refractivity contribution in [3.63, 3.8) is 0 Å². The fourth-order valence-electron chi connectivity index (χ4n) is 3.03. The molecule has 1 saturated carbocycles.